The number of fused-ring (bicyclic) bond motifs is 1. The lowest BCUT2D eigenvalue weighted by Gasteiger charge is -2.08. The second kappa shape index (κ2) is 5.94. The maximum absolute atomic E-state index is 12.1. The van der Waals surface area contributed by atoms with E-state index in [1.165, 1.54) is 0 Å². The van der Waals surface area contributed by atoms with E-state index >= 15 is 0 Å². The highest BCUT2D eigenvalue weighted by atomic mass is 35.5. The van der Waals surface area contributed by atoms with Crippen molar-refractivity contribution in [1.29, 1.82) is 0 Å². The summed E-state index contributed by atoms with van der Waals surface area (Å²) < 4.78 is 0. The van der Waals surface area contributed by atoms with Crippen LogP contribution in [-0.4, -0.2) is 10.9 Å². The fraction of sp³-hybridized carbons (Fsp3) is 0.0588. The summed E-state index contributed by atoms with van der Waals surface area (Å²) in [4.78, 5) is 16.5. The minimum atomic E-state index is -0.125. The predicted molar refractivity (Wildman–Crippen MR) is 84.4 cm³/mol. The highest BCUT2D eigenvalue weighted by molar-refractivity contribution is 6.30. The van der Waals surface area contributed by atoms with Crippen molar-refractivity contribution in [3.05, 3.63) is 76.9 Å². The van der Waals surface area contributed by atoms with Gasteiger partial charge in [0.25, 0.3) is 5.91 Å². The van der Waals surface area contributed by atoms with E-state index in [9.17, 15) is 4.79 Å². The van der Waals surface area contributed by atoms with Crippen LogP contribution in [0.5, 0.6) is 0 Å². The number of rotatable bonds is 3. The first-order valence-corrected chi connectivity index (χ1v) is 6.98. The third-order valence-electron chi connectivity index (χ3n) is 3.26. The molecule has 21 heavy (non-hydrogen) atoms. The van der Waals surface area contributed by atoms with E-state index in [0.717, 1.165) is 16.5 Å². The Morgan fingerprint density at radius 1 is 1.05 bits per heavy atom. The fourth-order valence-corrected chi connectivity index (χ4v) is 2.31. The van der Waals surface area contributed by atoms with Crippen molar-refractivity contribution < 1.29 is 4.79 Å². The first-order valence-electron chi connectivity index (χ1n) is 6.60. The van der Waals surface area contributed by atoms with Gasteiger partial charge in [-0.2, -0.15) is 0 Å². The van der Waals surface area contributed by atoms with E-state index < -0.39 is 0 Å². The summed E-state index contributed by atoms with van der Waals surface area (Å²) in [7, 11) is 0. The van der Waals surface area contributed by atoms with Gasteiger partial charge in [0.15, 0.2) is 0 Å². The molecule has 1 N–H and O–H groups in total. The molecule has 0 saturated carbocycles. The molecule has 3 nitrogen and oxygen atoms in total. The highest BCUT2D eigenvalue weighted by Crippen LogP contribution is 2.16. The van der Waals surface area contributed by atoms with Gasteiger partial charge in [-0.15, -0.1) is 0 Å². The summed E-state index contributed by atoms with van der Waals surface area (Å²) >= 11 is 5.81. The average molecular weight is 297 g/mol. The van der Waals surface area contributed by atoms with Gasteiger partial charge in [0.05, 0.1) is 5.52 Å². The molecule has 3 rings (SSSR count). The summed E-state index contributed by atoms with van der Waals surface area (Å²) in [6.45, 7) is 0.440. The van der Waals surface area contributed by atoms with E-state index in [-0.39, 0.29) is 5.91 Å². The lowest BCUT2D eigenvalue weighted by atomic mass is 10.1. The van der Waals surface area contributed by atoms with Gasteiger partial charge in [0.1, 0.15) is 0 Å². The maximum atomic E-state index is 12.1. The molecule has 0 aliphatic rings. The minimum Gasteiger partial charge on any atom is -0.348 e. The third kappa shape index (κ3) is 3.03. The molecule has 0 bridgehead atoms. The number of carbonyl (C=O) groups excluding carboxylic acids is 1. The molecule has 4 heteroatoms. The predicted octanol–water partition coefficient (Wildman–Crippen LogP) is 3.82. The SMILES string of the molecule is O=C(NCc1cccc2cccnc12)c1ccc(Cl)cc1. The minimum absolute atomic E-state index is 0.125. The number of para-hydroxylation sites is 1. The number of hydrogen-bond donors (Lipinski definition) is 1. The van der Waals surface area contributed by atoms with Gasteiger partial charge in [-0.05, 0) is 35.9 Å². The van der Waals surface area contributed by atoms with Crippen LogP contribution >= 0.6 is 11.6 Å². The molecule has 1 aromatic heterocycles. The molecule has 0 fully saturated rings. The Bertz CT molecular complexity index is 779. The first kappa shape index (κ1) is 13.6. The van der Waals surface area contributed by atoms with Gasteiger partial charge in [-0.25, -0.2) is 0 Å². The Hall–Kier alpha value is -2.39. The fourth-order valence-electron chi connectivity index (χ4n) is 2.19. The van der Waals surface area contributed by atoms with Crippen molar-refractivity contribution in [2.75, 3.05) is 0 Å². The molecule has 2 aromatic carbocycles. The van der Waals surface area contributed by atoms with E-state index in [1.54, 1.807) is 30.5 Å². The van der Waals surface area contributed by atoms with Crippen LogP contribution in [-0.2, 0) is 6.54 Å². The van der Waals surface area contributed by atoms with Crippen LogP contribution in [0.2, 0.25) is 5.02 Å². The zero-order valence-electron chi connectivity index (χ0n) is 11.2. The number of pyridine rings is 1. The number of amides is 1. The van der Waals surface area contributed by atoms with E-state index in [0.29, 0.717) is 17.1 Å². The molecular formula is C17H13ClN2O. The number of hydrogen-bond acceptors (Lipinski definition) is 2. The monoisotopic (exact) mass is 296 g/mol. The molecule has 0 unspecified atom stereocenters. The Morgan fingerprint density at radius 2 is 1.81 bits per heavy atom. The number of halogens is 1. The Balaban J connectivity index is 1.77. The quantitative estimate of drug-likeness (QED) is 0.798. The van der Waals surface area contributed by atoms with E-state index in [1.807, 2.05) is 30.3 Å². The highest BCUT2D eigenvalue weighted by Gasteiger charge is 2.07. The molecule has 3 aromatic rings. The standard InChI is InChI=1S/C17H13ClN2O/c18-15-8-6-13(7-9-15)17(21)20-11-14-4-1-3-12-5-2-10-19-16(12)14/h1-10H,11H2,(H,20,21). The summed E-state index contributed by atoms with van der Waals surface area (Å²) in [6.07, 6.45) is 1.76. The molecule has 104 valence electrons. The van der Waals surface area contributed by atoms with Crippen molar-refractivity contribution >= 4 is 28.4 Å². The van der Waals surface area contributed by atoms with Crippen molar-refractivity contribution in [2.45, 2.75) is 6.54 Å². The number of nitrogens with zero attached hydrogens (tertiary/aromatic N) is 1. The van der Waals surface area contributed by atoms with Gasteiger partial charge >= 0.3 is 0 Å². The zero-order valence-corrected chi connectivity index (χ0v) is 12.0. The van der Waals surface area contributed by atoms with Gasteiger partial charge < -0.3 is 5.32 Å². The molecule has 1 heterocycles. The number of benzene rings is 2. The van der Waals surface area contributed by atoms with Crippen LogP contribution < -0.4 is 5.32 Å². The van der Waals surface area contributed by atoms with Crippen LogP contribution in [0.25, 0.3) is 10.9 Å². The van der Waals surface area contributed by atoms with E-state index in [2.05, 4.69) is 10.3 Å². The van der Waals surface area contributed by atoms with E-state index in [4.69, 9.17) is 11.6 Å². The molecule has 0 saturated heterocycles. The van der Waals surface area contributed by atoms with Crippen LogP contribution in [0.15, 0.2) is 60.8 Å². The molecule has 0 spiro atoms. The number of carbonyl (C=O) groups is 1. The maximum Gasteiger partial charge on any atom is 0.251 e. The van der Waals surface area contributed by atoms with Crippen LogP contribution in [0.4, 0.5) is 0 Å². The van der Waals surface area contributed by atoms with Gasteiger partial charge in [-0.3, -0.25) is 9.78 Å². The Labute approximate surface area is 127 Å². The third-order valence-corrected chi connectivity index (χ3v) is 3.51. The summed E-state index contributed by atoms with van der Waals surface area (Å²) in [5.74, 6) is -0.125. The second-order valence-electron chi connectivity index (χ2n) is 4.68. The summed E-state index contributed by atoms with van der Waals surface area (Å²) in [6, 6.07) is 16.7. The van der Waals surface area contributed by atoms with Crippen LogP contribution in [0, 0.1) is 0 Å². The summed E-state index contributed by atoms with van der Waals surface area (Å²) in [5.41, 5.74) is 2.50. The summed E-state index contributed by atoms with van der Waals surface area (Å²) in [5, 5.41) is 4.59. The van der Waals surface area contributed by atoms with Crippen LogP contribution in [0.1, 0.15) is 15.9 Å². The lowest BCUT2D eigenvalue weighted by Crippen LogP contribution is -2.22. The van der Waals surface area contributed by atoms with Gasteiger partial charge in [0, 0.05) is 28.7 Å². The second-order valence-corrected chi connectivity index (χ2v) is 5.12. The molecule has 0 atom stereocenters. The topological polar surface area (TPSA) is 42.0 Å². The van der Waals surface area contributed by atoms with Gasteiger partial charge in [0.2, 0.25) is 0 Å². The average Bonchev–Trinajstić information content (AvgIpc) is 2.53. The van der Waals surface area contributed by atoms with Crippen LogP contribution in [0.3, 0.4) is 0 Å². The van der Waals surface area contributed by atoms with Crippen molar-refractivity contribution in [3.8, 4) is 0 Å². The molecule has 0 aliphatic heterocycles. The number of aromatic nitrogens is 1. The number of nitrogens with one attached hydrogen (secondary N) is 1. The largest absolute Gasteiger partial charge is 0.348 e. The smallest absolute Gasteiger partial charge is 0.251 e. The lowest BCUT2D eigenvalue weighted by molar-refractivity contribution is 0.0951. The molecular weight excluding hydrogens is 284 g/mol. The van der Waals surface area contributed by atoms with Crippen molar-refractivity contribution in [1.82, 2.24) is 10.3 Å². The zero-order chi connectivity index (χ0) is 14.7. The van der Waals surface area contributed by atoms with Gasteiger partial charge in [-0.1, -0.05) is 35.9 Å². The first-order chi connectivity index (χ1) is 10.2. The molecule has 1 amide bonds. The van der Waals surface area contributed by atoms with Crippen molar-refractivity contribution in [2.24, 2.45) is 0 Å². The van der Waals surface area contributed by atoms with Crippen molar-refractivity contribution in [3.63, 3.8) is 0 Å². The Kier molecular flexibility index (Phi) is 3.84. The molecule has 0 radical (unpaired) electrons. The normalized spacial score (nSPS) is 10.5. The molecule has 0 aliphatic carbocycles. The Morgan fingerprint density at radius 3 is 2.62 bits per heavy atom.